The van der Waals surface area contributed by atoms with Crippen LogP contribution in [0.5, 0.6) is 0 Å². The third-order valence-corrected chi connectivity index (χ3v) is 6.27. The van der Waals surface area contributed by atoms with Crippen molar-refractivity contribution in [1.29, 1.82) is 0 Å². The van der Waals surface area contributed by atoms with Gasteiger partial charge in [0.15, 0.2) is 0 Å². The molecule has 1 amide bonds. The van der Waals surface area contributed by atoms with Crippen LogP contribution in [0.1, 0.15) is 61.7 Å². The molecule has 3 aliphatic heterocycles. The number of pyridine rings is 1. The number of likely N-dealkylation sites (tertiary alicyclic amines) is 2. The number of carbonyl (C=O) groups excluding carboxylic acids is 1. The van der Waals surface area contributed by atoms with Crippen LogP contribution in [0.25, 0.3) is 0 Å². The molecule has 0 aliphatic carbocycles. The summed E-state index contributed by atoms with van der Waals surface area (Å²) in [5.41, 5.74) is 0.740. The second kappa shape index (κ2) is 8.38. The number of hydrogen-bond donors (Lipinski definition) is 0. The molecule has 4 heterocycles. The van der Waals surface area contributed by atoms with Gasteiger partial charge in [-0.05, 0) is 63.7 Å². The standard InChI is InChI=1S/C21H32N4O/c26-21(18-9-10-20(22-16-18)24-13-5-6-14-24)25-15-7-8-19(17-25)23-11-3-1-2-4-12-23/h9-10,16,19H,1-8,11-15,17H2. The molecule has 0 spiro atoms. The molecule has 1 aromatic heterocycles. The highest BCUT2D eigenvalue weighted by Gasteiger charge is 2.29. The molecule has 0 N–H and O–H groups in total. The van der Waals surface area contributed by atoms with Gasteiger partial charge in [-0.25, -0.2) is 4.98 Å². The molecule has 26 heavy (non-hydrogen) atoms. The second-order valence-corrected chi connectivity index (χ2v) is 8.10. The van der Waals surface area contributed by atoms with E-state index in [0.717, 1.165) is 44.0 Å². The highest BCUT2D eigenvalue weighted by Crippen LogP contribution is 2.22. The van der Waals surface area contributed by atoms with Crippen molar-refractivity contribution in [2.45, 2.75) is 57.4 Å². The smallest absolute Gasteiger partial charge is 0.255 e. The molecule has 1 aromatic rings. The number of carbonyl (C=O) groups is 1. The lowest BCUT2D eigenvalue weighted by molar-refractivity contribution is 0.0578. The van der Waals surface area contributed by atoms with E-state index in [0.29, 0.717) is 6.04 Å². The molecule has 1 unspecified atom stereocenters. The van der Waals surface area contributed by atoms with Crippen LogP contribution in [0.4, 0.5) is 5.82 Å². The minimum absolute atomic E-state index is 0.157. The van der Waals surface area contributed by atoms with Gasteiger partial charge in [-0.15, -0.1) is 0 Å². The maximum atomic E-state index is 13.0. The van der Waals surface area contributed by atoms with E-state index in [-0.39, 0.29) is 5.91 Å². The molecular weight excluding hydrogens is 324 g/mol. The van der Waals surface area contributed by atoms with Gasteiger partial charge in [-0.3, -0.25) is 9.69 Å². The Morgan fingerprint density at radius 2 is 1.62 bits per heavy atom. The number of piperidine rings is 1. The Labute approximate surface area is 157 Å². The van der Waals surface area contributed by atoms with Gasteiger partial charge >= 0.3 is 0 Å². The fourth-order valence-electron chi connectivity index (χ4n) is 4.73. The Kier molecular flexibility index (Phi) is 5.73. The number of nitrogens with zero attached hydrogens (tertiary/aromatic N) is 4. The van der Waals surface area contributed by atoms with Crippen molar-refractivity contribution in [2.24, 2.45) is 0 Å². The molecule has 1 atom stereocenters. The summed E-state index contributed by atoms with van der Waals surface area (Å²) in [6.45, 7) is 6.36. The summed E-state index contributed by atoms with van der Waals surface area (Å²) in [4.78, 5) is 24.6. The Morgan fingerprint density at radius 3 is 2.31 bits per heavy atom. The molecule has 142 valence electrons. The normalized spacial score (nSPS) is 25.3. The largest absolute Gasteiger partial charge is 0.357 e. The zero-order valence-electron chi connectivity index (χ0n) is 15.9. The summed E-state index contributed by atoms with van der Waals surface area (Å²) in [6, 6.07) is 4.54. The van der Waals surface area contributed by atoms with Crippen LogP contribution in [0.15, 0.2) is 18.3 Å². The van der Waals surface area contributed by atoms with Crippen LogP contribution in [0, 0.1) is 0 Å². The fourth-order valence-corrected chi connectivity index (χ4v) is 4.73. The Bertz CT molecular complexity index is 589. The van der Waals surface area contributed by atoms with Gasteiger partial charge in [-0.1, -0.05) is 12.8 Å². The van der Waals surface area contributed by atoms with E-state index in [2.05, 4.69) is 19.7 Å². The second-order valence-electron chi connectivity index (χ2n) is 8.10. The molecule has 0 radical (unpaired) electrons. The van der Waals surface area contributed by atoms with Crippen molar-refractivity contribution in [3.8, 4) is 0 Å². The minimum atomic E-state index is 0.157. The van der Waals surface area contributed by atoms with Crippen LogP contribution >= 0.6 is 0 Å². The predicted molar refractivity (Wildman–Crippen MR) is 105 cm³/mol. The van der Waals surface area contributed by atoms with Crippen molar-refractivity contribution in [3.05, 3.63) is 23.9 Å². The van der Waals surface area contributed by atoms with Crippen molar-refractivity contribution < 1.29 is 4.79 Å². The molecule has 3 aliphatic rings. The van der Waals surface area contributed by atoms with Crippen LogP contribution < -0.4 is 4.90 Å². The van der Waals surface area contributed by atoms with E-state index >= 15 is 0 Å². The van der Waals surface area contributed by atoms with Crippen LogP contribution in [-0.2, 0) is 0 Å². The first kappa shape index (κ1) is 17.8. The Morgan fingerprint density at radius 1 is 0.885 bits per heavy atom. The molecular formula is C21H32N4O. The fraction of sp³-hybridized carbons (Fsp3) is 0.714. The monoisotopic (exact) mass is 356 g/mol. The van der Waals surface area contributed by atoms with E-state index in [4.69, 9.17) is 0 Å². The third-order valence-electron chi connectivity index (χ3n) is 6.27. The van der Waals surface area contributed by atoms with E-state index in [1.54, 1.807) is 6.20 Å². The van der Waals surface area contributed by atoms with Gasteiger partial charge in [0, 0.05) is 38.4 Å². The van der Waals surface area contributed by atoms with Gasteiger partial charge in [0.05, 0.1) is 5.56 Å². The first-order valence-corrected chi connectivity index (χ1v) is 10.6. The number of hydrogen-bond acceptors (Lipinski definition) is 4. The van der Waals surface area contributed by atoms with Crippen molar-refractivity contribution in [2.75, 3.05) is 44.2 Å². The minimum Gasteiger partial charge on any atom is -0.357 e. The molecule has 5 nitrogen and oxygen atoms in total. The summed E-state index contributed by atoms with van der Waals surface area (Å²) < 4.78 is 0. The third kappa shape index (κ3) is 4.03. The van der Waals surface area contributed by atoms with Crippen LogP contribution in [-0.4, -0.2) is 66.0 Å². The van der Waals surface area contributed by atoms with E-state index in [9.17, 15) is 4.79 Å². The van der Waals surface area contributed by atoms with Crippen LogP contribution in [0.2, 0.25) is 0 Å². The van der Waals surface area contributed by atoms with E-state index < -0.39 is 0 Å². The lowest BCUT2D eigenvalue weighted by Gasteiger charge is -2.39. The molecule has 3 saturated heterocycles. The van der Waals surface area contributed by atoms with Gasteiger partial charge < -0.3 is 9.80 Å². The number of aromatic nitrogens is 1. The van der Waals surface area contributed by atoms with Gasteiger partial charge in [0.1, 0.15) is 5.82 Å². The lowest BCUT2D eigenvalue weighted by atomic mass is 10.0. The quantitative estimate of drug-likeness (QED) is 0.834. The van der Waals surface area contributed by atoms with Gasteiger partial charge in [-0.2, -0.15) is 0 Å². The van der Waals surface area contributed by atoms with E-state index in [1.165, 1.54) is 58.0 Å². The Balaban J connectivity index is 1.38. The highest BCUT2D eigenvalue weighted by molar-refractivity contribution is 5.94. The summed E-state index contributed by atoms with van der Waals surface area (Å²) in [7, 11) is 0. The number of rotatable bonds is 3. The Hall–Kier alpha value is -1.62. The molecule has 3 fully saturated rings. The average molecular weight is 357 g/mol. The maximum Gasteiger partial charge on any atom is 0.255 e. The molecule has 5 heteroatoms. The van der Waals surface area contributed by atoms with E-state index in [1.807, 2.05) is 12.1 Å². The van der Waals surface area contributed by atoms with Crippen molar-refractivity contribution in [1.82, 2.24) is 14.8 Å². The molecule has 0 aromatic carbocycles. The maximum absolute atomic E-state index is 13.0. The average Bonchev–Trinajstić information content (AvgIpc) is 3.10. The van der Waals surface area contributed by atoms with Crippen molar-refractivity contribution >= 4 is 11.7 Å². The highest BCUT2D eigenvalue weighted by atomic mass is 16.2. The summed E-state index contributed by atoms with van der Waals surface area (Å²) in [6.07, 6.45) is 12.0. The predicted octanol–water partition coefficient (Wildman–Crippen LogP) is 3.16. The zero-order chi connectivity index (χ0) is 17.8. The van der Waals surface area contributed by atoms with Gasteiger partial charge in [0.2, 0.25) is 0 Å². The summed E-state index contributed by atoms with van der Waals surface area (Å²) in [5, 5.41) is 0. The van der Waals surface area contributed by atoms with Gasteiger partial charge in [0.25, 0.3) is 5.91 Å². The first-order chi connectivity index (χ1) is 12.8. The topological polar surface area (TPSA) is 39.7 Å². The lowest BCUT2D eigenvalue weighted by Crippen LogP contribution is -2.50. The molecule has 4 rings (SSSR count). The SMILES string of the molecule is O=C(c1ccc(N2CCCC2)nc1)N1CCCC(N2CCCCCC2)C1. The number of anilines is 1. The summed E-state index contributed by atoms with van der Waals surface area (Å²) >= 11 is 0. The molecule has 0 saturated carbocycles. The molecule has 0 bridgehead atoms. The number of amides is 1. The van der Waals surface area contributed by atoms with Crippen LogP contribution in [0.3, 0.4) is 0 Å². The zero-order valence-corrected chi connectivity index (χ0v) is 15.9. The first-order valence-electron chi connectivity index (χ1n) is 10.6. The van der Waals surface area contributed by atoms with Crippen molar-refractivity contribution in [3.63, 3.8) is 0 Å². The summed E-state index contributed by atoms with van der Waals surface area (Å²) in [5.74, 6) is 1.17.